The van der Waals surface area contributed by atoms with Gasteiger partial charge in [-0.25, -0.2) is 9.18 Å². The summed E-state index contributed by atoms with van der Waals surface area (Å²) in [6.07, 6.45) is 0.467. The van der Waals surface area contributed by atoms with Crippen LogP contribution in [0.4, 0.5) is 4.39 Å². The van der Waals surface area contributed by atoms with Crippen molar-refractivity contribution in [1.82, 2.24) is 5.32 Å². The van der Waals surface area contributed by atoms with Crippen LogP contribution in [0.3, 0.4) is 0 Å². The minimum absolute atomic E-state index is 0.208. The number of carboxylic acids is 1. The number of amides is 1. The number of carbonyl (C=O) groups is 3. The monoisotopic (exact) mass is 331 g/mol. The lowest BCUT2D eigenvalue weighted by Crippen LogP contribution is -2.42. The Kier molecular flexibility index (Phi) is 8.45. The Morgan fingerprint density at radius 1 is 1.04 bits per heavy atom. The molecule has 1 unspecified atom stereocenters. The highest BCUT2D eigenvalue weighted by Gasteiger charge is 2.20. The zero-order valence-corrected chi connectivity index (χ0v) is 12.9. The van der Waals surface area contributed by atoms with Crippen LogP contribution in [0.5, 0.6) is 0 Å². The second kappa shape index (κ2) is 10.7. The molecule has 2 aromatic rings. The average Bonchev–Trinajstić information content (AvgIpc) is 2.63. The third-order valence-corrected chi connectivity index (χ3v) is 2.99. The molecule has 0 aliphatic heterocycles. The quantitative estimate of drug-likeness (QED) is 0.796. The zero-order chi connectivity index (χ0) is 17.8. The van der Waals surface area contributed by atoms with Gasteiger partial charge in [0.2, 0.25) is 0 Å². The Bertz CT molecular complexity index is 647. The van der Waals surface area contributed by atoms with E-state index in [0.29, 0.717) is 5.56 Å². The van der Waals surface area contributed by atoms with Crippen molar-refractivity contribution in [2.24, 2.45) is 0 Å². The second-order valence-corrected chi connectivity index (χ2v) is 4.74. The normalized spacial score (nSPS) is 10.7. The number of aldehydes is 1. The fourth-order valence-electron chi connectivity index (χ4n) is 1.88. The van der Waals surface area contributed by atoms with Crippen LogP contribution >= 0.6 is 0 Å². The molecule has 2 aromatic carbocycles. The average molecular weight is 331 g/mol. The first-order valence-corrected chi connectivity index (χ1v) is 7.20. The number of aliphatic carboxylic acids is 1. The topological polar surface area (TPSA) is 83.5 Å². The van der Waals surface area contributed by atoms with Gasteiger partial charge in [0.25, 0.3) is 5.91 Å². The second-order valence-electron chi connectivity index (χ2n) is 4.74. The van der Waals surface area contributed by atoms with Crippen LogP contribution in [0.1, 0.15) is 15.9 Å². The Labute approximate surface area is 139 Å². The van der Waals surface area contributed by atoms with E-state index in [1.165, 1.54) is 0 Å². The molecule has 126 valence electrons. The van der Waals surface area contributed by atoms with Gasteiger partial charge in [0, 0.05) is 12.0 Å². The lowest BCUT2D eigenvalue weighted by atomic mass is 10.1. The van der Waals surface area contributed by atoms with E-state index < -0.39 is 18.7 Å². The Morgan fingerprint density at radius 3 is 2.00 bits per heavy atom. The summed E-state index contributed by atoms with van der Waals surface area (Å²) in [5.41, 5.74) is 1.32. The van der Waals surface area contributed by atoms with Gasteiger partial charge in [-0.1, -0.05) is 48.5 Å². The fraction of sp³-hybridized carbons (Fsp3) is 0.167. The van der Waals surface area contributed by atoms with Crippen LogP contribution in [0.15, 0.2) is 60.7 Å². The zero-order valence-electron chi connectivity index (χ0n) is 12.9. The summed E-state index contributed by atoms with van der Waals surface area (Å²) in [5.74, 6) is -1.42. The van der Waals surface area contributed by atoms with E-state index in [4.69, 9.17) is 4.79 Å². The van der Waals surface area contributed by atoms with Crippen LogP contribution in [0.2, 0.25) is 0 Å². The molecule has 2 N–H and O–H groups in total. The first kappa shape index (κ1) is 19.0. The molecule has 0 aromatic heterocycles. The van der Waals surface area contributed by atoms with Gasteiger partial charge in [-0.05, 0) is 17.7 Å². The molecule has 0 fully saturated rings. The molecule has 0 radical (unpaired) electrons. The van der Waals surface area contributed by atoms with Crippen molar-refractivity contribution in [3.63, 3.8) is 0 Å². The highest BCUT2D eigenvalue weighted by molar-refractivity contribution is 5.96. The van der Waals surface area contributed by atoms with E-state index >= 15 is 0 Å². The van der Waals surface area contributed by atoms with Crippen LogP contribution in [0.25, 0.3) is 0 Å². The van der Waals surface area contributed by atoms with Crippen molar-refractivity contribution in [2.75, 3.05) is 6.67 Å². The lowest BCUT2D eigenvalue weighted by Gasteiger charge is -2.14. The van der Waals surface area contributed by atoms with Crippen LogP contribution in [-0.2, 0) is 16.0 Å². The van der Waals surface area contributed by atoms with Crippen molar-refractivity contribution >= 4 is 18.2 Å². The number of benzene rings is 2. The number of rotatable bonds is 6. The van der Waals surface area contributed by atoms with E-state index in [0.717, 1.165) is 5.56 Å². The summed E-state index contributed by atoms with van der Waals surface area (Å²) in [4.78, 5) is 32.0. The Balaban J connectivity index is 0.000000648. The summed E-state index contributed by atoms with van der Waals surface area (Å²) in [5, 5.41) is 11.8. The third-order valence-electron chi connectivity index (χ3n) is 2.99. The first-order valence-electron chi connectivity index (χ1n) is 7.20. The number of nitrogens with one attached hydrogen (secondary N) is 1. The van der Waals surface area contributed by atoms with E-state index in [9.17, 15) is 19.1 Å². The number of carbonyl (C=O) groups excluding carboxylic acids is 2. The maximum Gasteiger partial charge on any atom is 0.326 e. The number of carboxylic acid groups (broad SMARTS) is 1. The van der Waals surface area contributed by atoms with E-state index in [1.807, 2.05) is 30.3 Å². The Hall–Kier alpha value is -3.02. The molecule has 0 heterocycles. The highest BCUT2D eigenvalue weighted by Crippen LogP contribution is 2.05. The summed E-state index contributed by atoms with van der Waals surface area (Å²) in [6, 6.07) is 16.9. The van der Waals surface area contributed by atoms with Gasteiger partial charge in [0.1, 0.15) is 12.7 Å². The van der Waals surface area contributed by atoms with Gasteiger partial charge in [-0.15, -0.1) is 0 Å². The summed E-state index contributed by atoms with van der Waals surface area (Å²) >= 11 is 0. The van der Waals surface area contributed by atoms with E-state index in [2.05, 4.69) is 5.32 Å². The number of hydrogen-bond acceptors (Lipinski definition) is 3. The molecule has 0 aliphatic rings. The van der Waals surface area contributed by atoms with Gasteiger partial charge in [0.05, 0.1) is 0 Å². The van der Waals surface area contributed by atoms with Crippen molar-refractivity contribution in [2.45, 2.75) is 12.5 Å². The van der Waals surface area contributed by atoms with E-state index in [-0.39, 0.29) is 18.6 Å². The van der Waals surface area contributed by atoms with Gasteiger partial charge in [0.15, 0.2) is 6.29 Å². The van der Waals surface area contributed by atoms with Gasteiger partial charge < -0.3 is 15.2 Å². The molecule has 1 atom stereocenters. The predicted octanol–water partition coefficient (Wildman–Crippen LogP) is 2.27. The predicted molar refractivity (Wildman–Crippen MR) is 87.5 cm³/mol. The molecule has 24 heavy (non-hydrogen) atoms. The maximum atomic E-state index is 12.0. The minimum Gasteiger partial charge on any atom is -0.480 e. The van der Waals surface area contributed by atoms with Crippen molar-refractivity contribution in [3.8, 4) is 0 Å². The van der Waals surface area contributed by atoms with Gasteiger partial charge >= 0.3 is 5.97 Å². The van der Waals surface area contributed by atoms with Crippen LogP contribution in [0, 0.1) is 0 Å². The number of hydrogen-bond donors (Lipinski definition) is 2. The van der Waals surface area contributed by atoms with Gasteiger partial charge in [-0.3, -0.25) is 4.79 Å². The molecule has 0 spiro atoms. The number of alkyl halides is 1. The molecule has 6 heteroatoms. The van der Waals surface area contributed by atoms with Crippen LogP contribution in [-0.4, -0.2) is 36.0 Å². The Morgan fingerprint density at radius 2 is 1.54 bits per heavy atom. The molecule has 5 nitrogen and oxygen atoms in total. The maximum absolute atomic E-state index is 12.0. The first-order chi connectivity index (χ1) is 11.6. The molecule has 0 aliphatic carbocycles. The highest BCUT2D eigenvalue weighted by atomic mass is 19.1. The lowest BCUT2D eigenvalue weighted by molar-refractivity contribution is -0.139. The standard InChI is InChI=1S/C16H15NO3.C2H3FO/c18-15(13-9-5-2-6-10-13)17-14(16(19)20)11-12-7-3-1-4-8-12;3-1-2-4/h1-10,14H,11H2,(H,17,18)(H,19,20);2H,1H2. The fourth-order valence-corrected chi connectivity index (χ4v) is 1.88. The van der Waals surface area contributed by atoms with Gasteiger partial charge in [-0.2, -0.15) is 0 Å². The van der Waals surface area contributed by atoms with Crippen molar-refractivity contribution in [1.29, 1.82) is 0 Å². The minimum atomic E-state index is -1.04. The molecular weight excluding hydrogens is 313 g/mol. The molecule has 0 saturated heterocycles. The third kappa shape index (κ3) is 6.83. The summed E-state index contributed by atoms with van der Waals surface area (Å²) in [7, 11) is 0. The molecular formula is C18H18FNO4. The number of halogens is 1. The largest absolute Gasteiger partial charge is 0.480 e. The molecule has 0 bridgehead atoms. The summed E-state index contributed by atoms with van der Waals surface area (Å²) < 4.78 is 10.4. The smallest absolute Gasteiger partial charge is 0.326 e. The SMILES string of the molecule is O=C(NC(Cc1ccccc1)C(=O)O)c1ccccc1.O=CCF. The molecule has 1 amide bonds. The van der Waals surface area contributed by atoms with Crippen LogP contribution < -0.4 is 5.32 Å². The van der Waals surface area contributed by atoms with E-state index in [1.54, 1.807) is 30.3 Å². The van der Waals surface area contributed by atoms with Crippen molar-refractivity contribution in [3.05, 3.63) is 71.8 Å². The molecule has 2 rings (SSSR count). The molecule has 0 saturated carbocycles. The van der Waals surface area contributed by atoms with Crippen molar-refractivity contribution < 1.29 is 23.9 Å². The summed E-state index contributed by atoms with van der Waals surface area (Å²) in [6.45, 7) is -0.861.